The van der Waals surface area contributed by atoms with Crippen LogP contribution in [0.15, 0.2) is 34.8 Å². The predicted octanol–water partition coefficient (Wildman–Crippen LogP) is 6.28. The summed E-state index contributed by atoms with van der Waals surface area (Å²) >= 11 is 15.8. The van der Waals surface area contributed by atoms with Gasteiger partial charge in [0.05, 0.1) is 11.1 Å². The second kappa shape index (κ2) is 13.5. The normalized spacial score (nSPS) is 10.5. The van der Waals surface area contributed by atoms with Crippen molar-refractivity contribution in [3.05, 3.63) is 56.0 Å². The van der Waals surface area contributed by atoms with Crippen LogP contribution in [-0.4, -0.2) is 26.9 Å². The molecule has 0 amide bonds. The van der Waals surface area contributed by atoms with Crippen LogP contribution in [0, 0.1) is 0 Å². The van der Waals surface area contributed by atoms with Gasteiger partial charge in [-0.2, -0.15) is 0 Å². The van der Waals surface area contributed by atoms with Crippen molar-refractivity contribution in [2.75, 3.05) is 26.9 Å². The van der Waals surface area contributed by atoms with E-state index in [0.29, 0.717) is 34.8 Å². The number of rotatable bonds is 11. The third kappa shape index (κ3) is 7.97. The molecule has 0 spiro atoms. The van der Waals surface area contributed by atoms with E-state index in [1.165, 1.54) is 0 Å². The molecule has 2 aromatic carbocycles. The van der Waals surface area contributed by atoms with E-state index in [1.807, 2.05) is 25.1 Å². The van der Waals surface area contributed by atoms with E-state index in [9.17, 15) is 0 Å². The maximum absolute atomic E-state index is 6.23. The van der Waals surface area contributed by atoms with Crippen LogP contribution in [0.5, 0.6) is 11.5 Å². The lowest BCUT2D eigenvalue weighted by molar-refractivity contribution is 0.194. The van der Waals surface area contributed by atoms with Gasteiger partial charge in [-0.3, -0.25) is 0 Å². The van der Waals surface area contributed by atoms with Crippen molar-refractivity contribution in [1.82, 2.24) is 5.32 Å². The minimum Gasteiger partial charge on any atom is -0.490 e. The molecule has 2 rings (SSSR count). The molecular weight excluding hydrogens is 488 g/mol. The van der Waals surface area contributed by atoms with Crippen molar-refractivity contribution in [2.24, 2.45) is 0 Å². The van der Waals surface area contributed by atoms with Gasteiger partial charge in [0.2, 0.25) is 0 Å². The zero-order chi connectivity index (χ0) is 19.6. The van der Waals surface area contributed by atoms with Gasteiger partial charge < -0.3 is 19.5 Å². The minimum absolute atomic E-state index is 0. The fraction of sp³-hybridized carbons (Fsp3) is 0.400. The van der Waals surface area contributed by atoms with E-state index >= 15 is 0 Å². The van der Waals surface area contributed by atoms with Gasteiger partial charge in [0, 0.05) is 35.9 Å². The maximum atomic E-state index is 6.23. The fourth-order valence-electron chi connectivity index (χ4n) is 2.49. The fourth-order valence-corrected chi connectivity index (χ4v) is 3.56. The predicted molar refractivity (Wildman–Crippen MR) is 122 cm³/mol. The van der Waals surface area contributed by atoms with E-state index in [2.05, 4.69) is 21.2 Å². The third-order valence-corrected chi connectivity index (χ3v) is 4.96. The largest absolute Gasteiger partial charge is 0.490 e. The van der Waals surface area contributed by atoms with Crippen LogP contribution in [0.4, 0.5) is 0 Å². The van der Waals surface area contributed by atoms with Crippen molar-refractivity contribution < 1.29 is 14.2 Å². The average molecular weight is 514 g/mol. The number of hydrogen-bond donors (Lipinski definition) is 1. The van der Waals surface area contributed by atoms with Crippen LogP contribution in [-0.2, 0) is 17.9 Å². The summed E-state index contributed by atoms with van der Waals surface area (Å²) in [6, 6.07) is 9.39. The summed E-state index contributed by atoms with van der Waals surface area (Å²) in [7, 11) is 1.71. The first-order chi connectivity index (χ1) is 13.0. The van der Waals surface area contributed by atoms with E-state index in [0.717, 1.165) is 41.7 Å². The van der Waals surface area contributed by atoms with Crippen LogP contribution >= 0.6 is 51.5 Å². The molecule has 8 heteroatoms. The van der Waals surface area contributed by atoms with Crippen LogP contribution in [0.1, 0.15) is 24.5 Å². The van der Waals surface area contributed by atoms with Crippen molar-refractivity contribution in [3.63, 3.8) is 0 Å². The molecule has 4 nitrogen and oxygen atoms in total. The smallest absolute Gasteiger partial charge is 0.175 e. The molecule has 0 unspecified atom stereocenters. The Kier molecular flexibility index (Phi) is 12.2. The maximum Gasteiger partial charge on any atom is 0.175 e. The Labute approximate surface area is 191 Å². The first kappa shape index (κ1) is 25.3. The topological polar surface area (TPSA) is 39.7 Å². The molecule has 0 aliphatic heterocycles. The Morgan fingerprint density at radius 1 is 1.11 bits per heavy atom. The monoisotopic (exact) mass is 511 g/mol. The van der Waals surface area contributed by atoms with Gasteiger partial charge in [0.25, 0.3) is 0 Å². The van der Waals surface area contributed by atoms with Gasteiger partial charge in [0.1, 0.15) is 6.61 Å². The number of benzene rings is 2. The molecule has 0 aromatic heterocycles. The summed E-state index contributed by atoms with van der Waals surface area (Å²) in [5.41, 5.74) is 1.97. The second-order valence-electron chi connectivity index (χ2n) is 5.89. The molecule has 0 fully saturated rings. The zero-order valence-electron chi connectivity index (χ0n) is 15.9. The summed E-state index contributed by atoms with van der Waals surface area (Å²) in [4.78, 5) is 0. The Morgan fingerprint density at radius 2 is 1.89 bits per heavy atom. The van der Waals surface area contributed by atoms with Crippen LogP contribution < -0.4 is 14.8 Å². The number of ether oxygens (including phenoxy) is 3. The number of methoxy groups -OCH3 is 1. The van der Waals surface area contributed by atoms with Crippen LogP contribution in [0.25, 0.3) is 0 Å². The van der Waals surface area contributed by atoms with E-state index in [-0.39, 0.29) is 12.4 Å². The van der Waals surface area contributed by atoms with Crippen molar-refractivity contribution in [1.29, 1.82) is 0 Å². The number of nitrogens with one attached hydrogen (secondary N) is 1. The van der Waals surface area contributed by atoms with Gasteiger partial charge >= 0.3 is 0 Å². The van der Waals surface area contributed by atoms with E-state index in [4.69, 9.17) is 37.4 Å². The molecule has 28 heavy (non-hydrogen) atoms. The van der Waals surface area contributed by atoms with Gasteiger partial charge in [-0.1, -0.05) is 29.3 Å². The van der Waals surface area contributed by atoms with Gasteiger partial charge in [-0.25, -0.2) is 0 Å². The zero-order valence-corrected chi connectivity index (χ0v) is 19.8. The number of halogens is 4. The highest BCUT2D eigenvalue weighted by atomic mass is 79.9. The Hall–Kier alpha value is -0.690. The molecule has 0 saturated carbocycles. The van der Waals surface area contributed by atoms with Crippen LogP contribution in [0.2, 0.25) is 10.0 Å². The molecule has 0 aliphatic rings. The lowest BCUT2D eigenvalue weighted by atomic mass is 10.2. The van der Waals surface area contributed by atoms with Gasteiger partial charge in [0.15, 0.2) is 11.5 Å². The summed E-state index contributed by atoms with van der Waals surface area (Å²) in [6.07, 6.45) is 0.971. The van der Waals surface area contributed by atoms with Gasteiger partial charge in [-0.15, -0.1) is 12.4 Å². The standard InChI is InChI=1S/C20H24BrCl2NO3.ClH/c1-3-26-19-10-14(12-24-7-4-8-25-2)9-17(21)20(19)27-13-15-5-6-16(22)11-18(15)23;/h5-6,9-11,24H,3-4,7-8,12-13H2,1-2H3;1H. The minimum atomic E-state index is 0. The summed E-state index contributed by atoms with van der Waals surface area (Å²) in [5, 5.41) is 4.57. The molecule has 156 valence electrons. The van der Waals surface area contributed by atoms with E-state index < -0.39 is 0 Å². The first-order valence-electron chi connectivity index (χ1n) is 8.76. The molecule has 0 bridgehead atoms. The molecule has 0 heterocycles. The molecule has 0 saturated heterocycles. The summed E-state index contributed by atoms with van der Waals surface area (Å²) < 4.78 is 17.7. The summed E-state index contributed by atoms with van der Waals surface area (Å²) in [6.45, 7) is 5.21. The summed E-state index contributed by atoms with van der Waals surface area (Å²) in [5.74, 6) is 1.36. The number of hydrogen-bond acceptors (Lipinski definition) is 4. The van der Waals surface area contributed by atoms with Crippen LogP contribution in [0.3, 0.4) is 0 Å². The average Bonchev–Trinajstić information content (AvgIpc) is 2.62. The van der Waals surface area contributed by atoms with Crippen molar-refractivity contribution in [3.8, 4) is 11.5 Å². The van der Waals surface area contributed by atoms with Crippen molar-refractivity contribution in [2.45, 2.75) is 26.5 Å². The lowest BCUT2D eigenvalue weighted by Crippen LogP contribution is -2.16. The SMILES string of the molecule is CCOc1cc(CNCCCOC)cc(Br)c1OCc1ccc(Cl)cc1Cl.Cl. The molecule has 2 aromatic rings. The van der Waals surface area contributed by atoms with Gasteiger partial charge in [-0.05, 0) is 65.6 Å². The Balaban J connectivity index is 0.00000392. The van der Waals surface area contributed by atoms with E-state index in [1.54, 1.807) is 19.2 Å². The quantitative estimate of drug-likeness (QED) is 0.359. The molecule has 0 radical (unpaired) electrons. The molecule has 0 aliphatic carbocycles. The molecular formula is C20H25BrCl3NO3. The van der Waals surface area contributed by atoms with Crippen molar-refractivity contribution >= 4 is 51.5 Å². The highest BCUT2D eigenvalue weighted by Gasteiger charge is 2.13. The highest BCUT2D eigenvalue weighted by molar-refractivity contribution is 9.10. The molecule has 0 atom stereocenters. The molecule has 1 N–H and O–H groups in total. The lowest BCUT2D eigenvalue weighted by Gasteiger charge is -2.16. The third-order valence-electron chi connectivity index (χ3n) is 3.79. The first-order valence-corrected chi connectivity index (χ1v) is 10.3. The highest BCUT2D eigenvalue weighted by Crippen LogP contribution is 2.38. The second-order valence-corrected chi connectivity index (χ2v) is 7.58. The Morgan fingerprint density at radius 3 is 2.57 bits per heavy atom. The Bertz CT molecular complexity index is 747.